The molecule has 2 aliphatic rings. The SMILES string of the molecule is COPc1ccc2c(c1)C(C)(C)C(=CC=CC=CC1=[N+](C)c3ccccc3C1(C)C)N2C. The van der Waals surface area contributed by atoms with Crippen LogP contribution in [0.2, 0.25) is 0 Å². The van der Waals surface area contributed by atoms with Crippen LogP contribution in [-0.4, -0.2) is 31.5 Å². The number of para-hydroxylation sites is 1. The van der Waals surface area contributed by atoms with Crippen LogP contribution in [0.3, 0.4) is 0 Å². The van der Waals surface area contributed by atoms with Crippen LogP contribution in [0.25, 0.3) is 0 Å². The fourth-order valence-electron chi connectivity index (χ4n) is 5.18. The number of anilines is 1. The van der Waals surface area contributed by atoms with Crippen LogP contribution in [0.4, 0.5) is 11.4 Å². The van der Waals surface area contributed by atoms with Gasteiger partial charge in [0, 0.05) is 57.5 Å². The Hall–Kier alpha value is -2.48. The maximum Gasteiger partial charge on any atom is 0.209 e. The van der Waals surface area contributed by atoms with Crippen LogP contribution in [0.15, 0.2) is 78.5 Å². The number of hydrogen-bond donors (Lipinski definition) is 0. The van der Waals surface area contributed by atoms with Crippen LogP contribution >= 0.6 is 8.81 Å². The molecule has 4 rings (SSSR count). The first kappa shape index (κ1) is 22.7. The Kier molecular flexibility index (Phi) is 6.00. The summed E-state index contributed by atoms with van der Waals surface area (Å²) in [6, 6.07) is 15.4. The summed E-state index contributed by atoms with van der Waals surface area (Å²) in [4.78, 5) is 2.31. The Morgan fingerprint density at radius 1 is 0.938 bits per heavy atom. The van der Waals surface area contributed by atoms with Gasteiger partial charge in [0.25, 0.3) is 0 Å². The van der Waals surface area contributed by atoms with Gasteiger partial charge in [0.05, 0.1) is 5.41 Å². The van der Waals surface area contributed by atoms with Crippen LogP contribution in [0.1, 0.15) is 38.8 Å². The van der Waals surface area contributed by atoms with Gasteiger partial charge < -0.3 is 9.42 Å². The second kappa shape index (κ2) is 8.46. The van der Waals surface area contributed by atoms with Crippen molar-refractivity contribution in [3.63, 3.8) is 0 Å². The molecular weight excluding hydrogens is 411 g/mol. The molecular formula is C28H34N2OP+. The molecule has 3 nitrogen and oxygen atoms in total. The fraction of sp³-hybridized carbons (Fsp3) is 0.321. The van der Waals surface area contributed by atoms with Crippen LogP contribution in [0, 0.1) is 0 Å². The van der Waals surface area contributed by atoms with Gasteiger partial charge in [-0.2, -0.15) is 4.58 Å². The van der Waals surface area contributed by atoms with Crippen molar-refractivity contribution in [2.24, 2.45) is 0 Å². The molecule has 0 bridgehead atoms. The van der Waals surface area contributed by atoms with Gasteiger partial charge in [0.1, 0.15) is 7.05 Å². The highest BCUT2D eigenvalue weighted by Gasteiger charge is 2.42. The average Bonchev–Trinajstić information content (AvgIpc) is 3.07. The molecule has 0 saturated carbocycles. The summed E-state index contributed by atoms with van der Waals surface area (Å²) in [5.41, 5.74) is 7.89. The van der Waals surface area contributed by atoms with Crippen molar-refractivity contribution in [3.05, 3.63) is 89.7 Å². The first-order valence-electron chi connectivity index (χ1n) is 11.1. The largest absolute Gasteiger partial charge is 0.361 e. The highest BCUT2D eigenvalue weighted by atomic mass is 31.1. The summed E-state index contributed by atoms with van der Waals surface area (Å²) in [6.45, 7) is 9.19. The maximum absolute atomic E-state index is 5.36. The van der Waals surface area contributed by atoms with Gasteiger partial charge in [-0.1, -0.05) is 56.3 Å². The second-order valence-corrected chi connectivity index (χ2v) is 10.8. The molecule has 1 atom stereocenters. The molecule has 32 heavy (non-hydrogen) atoms. The molecule has 0 N–H and O–H groups in total. The minimum absolute atomic E-state index is 0.00399. The average molecular weight is 446 g/mol. The van der Waals surface area contributed by atoms with Gasteiger partial charge in [-0.3, -0.25) is 0 Å². The summed E-state index contributed by atoms with van der Waals surface area (Å²) in [5.74, 6) is 0. The highest BCUT2D eigenvalue weighted by Crippen LogP contribution is 2.46. The fourth-order valence-corrected chi connectivity index (χ4v) is 5.77. The molecule has 0 aromatic heterocycles. The van der Waals surface area contributed by atoms with E-state index in [2.05, 4.69) is 124 Å². The highest BCUT2D eigenvalue weighted by molar-refractivity contribution is 7.41. The van der Waals surface area contributed by atoms with Crippen LogP contribution in [0.5, 0.6) is 0 Å². The van der Waals surface area contributed by atoms with Gasteiger partial charge in [-0.25, -0.2) is 0 Å². The number of likely N-dealkylation sites (N-methyl/N-ethyl adjacent to an activating group) is 1. The zero-order valence-corrected chi connectivity index (χ0v) is 21.2. The van der Waals surface area contributed by atoms with E-state index in [4.69, 9.17) is 4.52 Å². The van der Waals surface area contributed by atoms with Crippen molar-refractivity contribution in [1.82, 2.24) is 0 Å². The Labute approximate surface area is 194 Å². The molecule has 4 heteroatoms. The number of hydrogen-bond acceptors (Lipinski definition) is 2. The number of allylic oxidation sites excluding steroid dienone is 6. The molecule has 0 saturated heterocycles. The first-order chi connectivity index (χ1) is 15.2. The molecule has 1 unspecified atom stereocenters. The van der Waals surface area contributed by atoms with Gasteiger partial charge >= 0.3 is 0 Å². The minimum atomic E-state index is -0.0452. The van der Waals surface area contributed by atoms with E-state index in [1.165, 1.54) is 39.2 Å². The Balaban J connectivity index is 1.56. The van der Waals surface area contributed by atoms with Crippen molar-refractivity contribution < 1.29 is 9.10 Å². The van der Waals surface area contributed by atoms with E-state index < -0.39 is 0 Å². The Morgan fingerprint density at radius 3 is 2.41 bits per heavy atom. The van der Waals surface area contributed by atoms with E-state index in [1.54, 1.807) is 7.11 Å². The van der Waals surface area contributed by atoms with Crippen molar-refractivity contribution in [2.75, 3.05) is 26.1 Å². The predicted molar refractivity (Wildman–Crippen MR) is 140 cm³/mol. The standard InChI is InChI=1S/C28H34N2OP/c1-27(2)21-13-11-12-14-23(21)29(5)25(27)15-9-8-10-16-26-28(3,4)22-19-20(32-31-7)17-18-24(22)30(26)6/h8-19,32H,1-7H3/q+1. The van der Waals surface area contributed by atoms with E-state index in [0.717, 1.165) is 0 Å². The lowest BCUT2D eigenvalue weighted by atomic mass is 9.81. The molecule has 166 valence electrons. The topological polar surface area (TPSA) is 15.5 Å². The maximum atomic E-state index is 5.36. The molecule has 2 heterocycles. The minimum Gasteiger partial charge on any atom is -0.361 e. The quantitative estimate of drug-likeness (QED) is 0.320. The summed E-state index contributed by atoms with van der Waals surface area (Å²) in [7, 11) is 6.46. The Morgan fingerprint density at radius 2 is 1.69 bits per heavy atom. The van der Waals surface area contributed by atoms with Gasteiger partial charge in [0.15, 0.2) is 5.71 Å². The van der Waals surface area contributed by atoms with E-state index in [1.807, 2.05) is 0 Å². The summed E-state index contributed by atoms with van der Waals surface area (Å²) >= 11 is 0. The number of benzene rings is 2. The Bertz CT molecular complexity index is 1170. The van der Waals surface area contributed by atoms with Gasteiger partial charge in [0.2, 0.25) is 5.69 Å². The molecule has 0 aliphatic carbocycles. The molecule has 2 aromatic rings. The summed E-state index contributed by atoms with van der Waals surface area (Å²) in [6.07, 6.45) is 10.9. The van der Waals surface area contributed by atoms with Crippen LogP contribution in [-0.2, 0) is 15.4 Å². The number of rotatable bonds is 5. The molecule has 0 fully saturated rings. The zero-order chi connectivity index (χ0) is 23.1. The first-order valence-corrected chi connectivity index (χ1v) is 12.0. The van der Waals surface area contributed by atoms with Crippen molar-refractivity contribution in [3.8, 4) is 0 Å². The van der Waals surface area contributed by atoms with Crippen molar-refractivity contribution in [1.29, 1.82) is 0 Å². The second-order valence-electron chi connectivity index (χ2n) is 9.60. The third-order valence-electron chi connectivity index (χ3n) is 6.92. The summed E-state index contributed by atoms with van der Waals surface area (Å²) in [5, 5.41) is 1.24. The van der Waals surface area contributed by atoms with Crippen molar-refractivity contribution in [2.45, 2.75) is 38.5 Å². The molecule has 0 amide bonds. The monoisotopic (exact) mass is 445 g/mol. The smallest absolute Gasteiger partial charge is 0.209 e. The number of fused-ring (bicyclic) bond motifs is 2. The molecule has 0 radical (unpaired) electrons. The number of nitrogens with zero attached hydrogens (tertiary/aromatic N) is 2. The van der Waals surface area contributed by atoms with Crippen molar-refractivity contribution >= 4 is 31.2 Å². The van der Waals surface area contributed by atoms with Gasteiger partial charge in [-0.15, -0.1) is 0 Å². The van der Waals surface area contributed by atoms with E-state index in [-0.39, 0.29) is 10.8 Å². The molecule has 2 aliphatic heterocycles. The third-order valence-corrected chi connectivity index (χ3v) is 7.67. The normalized spacial score (nSPS) is 20.5. The van der Waals surface area contributed by atoms with E-state index in [0.29, 0.717) is 8.81 Å². The lowest BCUT2D eigenvalue weighted by Gasteiger charge is -2.23. The lowest BCUT2D eigenvalue weighted by molar-refractivity contribution is -0.401. The van der Waals surface area contributed by atoms with E-state index >= 15 is 0 Å². The molecule has 0 spiro atoms. The predicted octanol–water partition coefficient (Wildman–Crippen LogP) is 5.98. The lowest BCUT2D eigenvalue weighted by Crippen LogP contribution is -2.26. The van der Waals surface area contributed by atoms with Gasteiger partial charge in [-0.05, 0) is 42.9 Å². The third kappa shape index (κ3) is 3.68. The van der Waals surface area contributed by atoms with Crippen LogP contribution < -0.4 is 10.2 Å². The summed E-state index contributed by atoms with van der Waals surface area (Å²) < 4.78 is 7.67. The zero-order valence-electron chi connectivity index (χ0n) is 20.2. The van der Waals surface area contributed by atoms with E-state index in [9.17, 15) is 0 Å². The molecule has 2 aromatic carbocycles.